The molecule has 0 aliphatic heterocycles. The first-order valence-corrected chi connectivity index (χ1v) is 6.63. The Morgan fingerprint density at radius 2 is 1.62 bits per heavy atom. The maximum atomic E-state index is 5.15. The monoisotopic (exact) mass is 229 g/mol. The van der Waals surface area contributed by atoms with Crippen molar-refractivity contribution >= 4 is 0 Å². The molecule has 0 rings (SSSR count). The van der Waals surface area contributed by atoms with E-state index < -0.39 is 0 Å². The molecular weight excluding hydrogens is 198 g/mol. The van der Waals surface area contributed by atoms with Gasteiger partial charge in [-0.25, -0.2) is 0 Å². The zero-order chi connectivity index (χ0) is 12.7. The van der Waals surface area contributed by atoms with Crippen LogP contribution in [0.25, 0.3) is 0 Å². The van der Waals surface area contributed by atoms with Crippen molar-refractivity contribution in [2.45, 2.75) is 65.8 Å². The van der Waals surface area contributed by atoms with Crippen molar-refractivity contribution in [2.24, 2.45) is 5.41 Å². The number of methoxy groups -OCH3 is 1. The average molecular weight is 229 g/mol. The number of nitrogens with one attached hydrogen (secondary N) is 1. The van der Waals surface area contributed by atoms with Crippen LogP contribution in [0.4, 0.5) is 0 Å². The summed E-state index contributed by atoms with van der Waals surface area (Å²) in [6, 6.07) is 0. The Balaban J connectivity index is 4.20. The normalized spacial score (nSPS) is 13.1. The molecule has 98 valence electrons. The molecule has 0 aromatic rings. The highest BCUT2D eigenvalue weighted by molar-refractivity contribution is 4.83. The minimum absolute atomic E-state index is 0.219. The summed E-state index contributed by atoms with van der Waals surface area (Å²) in [5, 5.41) is 3.65. The van der Waals surface area contributed by atoms with Gasteiger partial charge < -0.3 is 10.1 Å². The highest BCUT2D eigenvalue weighted by Gasteiger charge is 2.27. The fraction of sp³-hybridized carbons (Fsp3) is 1.00. The molecule has 2 nitrogen and oxygen atoms in total. The minimum atomic E-state index is 0.219. The third kappa shape index (κ3) is 6.49. The lowest BCUT2D eigenvalue weighted by molar-refractivity contribution is 0.150. The highest BCUT2D eigenvalue weighted by atomic mass is 16.5. The fourth-order valence-electron chi connectivity index (χ4n) is 1.99. The number of ether oxygens (including phenoxy) is 1. The van der Waals surface area contributed by atoms with Crippen LogP contribution in [0.2, 0.25) is 0 Å². The van der Waals surface area contributed by atoms with Gasteiger partial charge >= 0.3 is 0 Å². The topological polar surface area (TPSA) is 21.3 Å². The van der Waals surface area contributed by atoms with Crippen molar-refractivity contribution in [2.75, 3.05) is 20.3 Å². The van der Waals surface area contributed by atoms with Gasteiger partial charge in [0, 0.05) is 25.8 Å². The summed E-state index contributed by atoms with van der Waals surface area (Å²) < 4.78 is 5.15. The highest BCUT2D eigenvalue weighted by Crippen LogP contribution is 2.31. The van der Waals surface area contributed by atoms with Crippen LogP contribution < -0.4 is 5.32 Å². The molecule has 0 saturated heterocycles. The van der Waals surface area contributed by atoms with Gasteiger partial charge in [-0.1, -0.05) is 13.8 Å². The molecule has 16 heavy (non-hydrogen) atoms. The van der Waals surface area contributed by atoms with Crippen LogP contribution in [0.3, 0.4) is 0 Å². The van der Waals surface area contributed by atoms with Crippen molar-refractivity contribution in [3.8, 4) is 0 Å². The Labute approximate surface area is 102 Å². The molecule has 0 radical (unpaired) electrons. The molecule has 0 saturated carbocycles. The molecule has 0 heterocycles. The SMILES string of the molecule is CCC(CC)(CCCOC)CNC(C)(C)C. The Morgan fingerprint density at radius 1 is 1.06 bits per heavy atom. The minimum Gasteiger partial charge on any atom is -0.385 e. The number of rotatable bonds is 8. The molecule has 0 bridgehead atoms. The molecule has 0 aliphatic carbocycles. The van der Waals surface area contributed by atoms with Crippen LogP contribution in [0.1, 0.15) is 60.3 Å². The second kappa shape index (κ2) is 7.29. The van der Waals surface area contributed by atoms with Gasteiger partial charge in [0.05, 0.1) is 0 Å². The molecular formula is C14H31NO. The van der Waals surface area contributed by atoms with E-state index >= 15 is 0 Å². The fourth-order valence-corrected chi connectivity index (χ4v) is 1.99. The van der Waals surface area contributed by atoms with Gasteiger partial charge in [-0.15, -0.1) is 0 Å². The second-order valence-corrected chi connectivity index (χ2v) is 5.91. The maximum Gasteiger partial charge on any atom is 0.0462 e. The van der Waals surface area contributed by atoms with E-state index in [9.17, 15) is 0 Å². The van der Waals surface area contributed by atoms with E-state index in [-0.39, 0.29) is 5.54 Å². The lowest BCUT2D eigenvalue weighted by Gasteiger charge is -2.35. The van der Waals surface area contributed by atoms with Gasteiger partial charge in [0.25, 0.3) is 0 Å². The third-order valence-corrected chi connectivity index (χ3v) is 3.55. The first-order valence-electron chi connectivity index (χ1n) is 6.63. The molecule has 1 N–H and O–H groups in total. The van der Waals surface area contributed by atoms with Crippen molar-refractivity contribution in [3.63, 3.8) is 0 Å². The summed E-state index contributed by atoms with van der Waals surface area (Å²) in [6.07, 6.45) is 4.92. The van der Waals surface area contributed by atoms with Gasteiger partial charge in [0.1, 0.15) is 0 Å². The summed E-state index contributed by atoms with van der Waals surface area (Å²) in [5.41, 5.74) is 0.669. The molecule has 0 atom stereocenters. The first-order chi connectivity index (χ1) is 7.39. The maximum absolute atomic E-state index is 5.15. The predicted molar refractivity (Wildman–Crippen MR) is 71.9 cm³/mol. The van der Waals surface area contributed by atoms with Gasteiger partial charge in [-0.2, -0.15) is 0 Å². The largest absolute Gasteiger partial charge is 0.385 e. The van der Waals surface area contributed by atoms with Gasteiger partial charge in [-0.05, 0) is 51.9 Å². The second-order valence-electron chi connectivity index (χ2n) is 5.91. The van der Waals surface area contributed by atoms with E-state index in [1.54, 1.807) is 7.11 Å². The van der Waals surface area contributed by atoms with Gasteiger partial charge in [0.15, 0.2) is 0 Å². The average Bonchev–Trinajstić information content (AvgIpc) is 2.23. The van der Waals surface area contributed by atoms with Crippen LogP contribution in [-0.4, -0.2) is 25.8 Å². The summed E-state index contributed by atoms with van der Waals surface area (Å²) in [6.45, 7) is 13.3. The molecule has 2 heteroatoms. The van der Waals surface area contributed by atoms with Crippen LogP contribution in [0.5, 0.6) is 0 Å². The van der Waals surface area contributed by atoms with Crippen LogP contribution in [0, 0.1) is 5.41 Å². The number of hydrogen-bond donors (Lipinski definition) is 1. The zero-order valence-corrected chi connectivity index (χ0v) is 12.2. The predicted octanol–water partition coefficient (Wildman–Crippen LogP) is 3.61. The van der Waals surface area contributed by atoms with Crippen molar-refractivity contribution in [1.82, 2.24) is 5.32 Å². The summed E-state index contributed by atoms with van der Waals surface area (Å²) >= 11 is 0. The molecule has 0 unspecified atom stereocenters. The van der Waals surface area contributed by atoms with Crippen molar-refractivity contribution in [3.05, 3.63) is 0 Å². The van der Waals surface area contributed by atoms with E-state index in [2.05, 4.69) is 39.9 Å². The molecule has 0 aromatic carbocycles. The van der Waals surface area contributed by atoms with Crippen LogP contribution >= 0.6 is 0 Å². The molecule has 0 spiro atoms. The van der Waals surface area contributed by atoms with Crippen LogP contribution in [-0.2, 0) is 4.74 Å². The summed E-state index contributed by atoms with van der Waals surface area (Å²) in [7, 11) is 1.78. The smallest absolute Gasteiger partial charge is 0.0462 e. The Morgan fingerprint density at radius 3 is 2.00 bits per heavy atom. The van der Waals surface area contributed by atoms with Gasteiger partial charge in [-0.3, -0.25) is 0 Å². The van der Waals surface area contributed by atoms with Gasteiger partial charge in [0.2, 0.25) is 0 Å². The van der Waals surface area contributed by atoms with E-state index in [1.807, 2.05) is 0 Å². The molecule has 0 amide bonds. The van der Waals surface area contributed by atoms with E-state index in [0.717, 1.165) is 13.2 Å². The summed E-state index contributed by atoms with van der Waals surface area (Å²) in [4.78, 5) is 0. The number of hydrogen-bond acceptors (Lipinski definition) is 2. The Kier molecular flexibility index (Phi) is 7.25. The van der Waals surface area contributed by atoms with Crippen LogP contribution in [0.15, 0.2) is 0 Å². The Bertz CT molecular complexity index is 168. The van der Waals surface area contributed by atoms with E-state index in [4.69, 9.17) is 4.74 Å². The lowest BCUT2D eigenvalue weighted by Crippen LogP contribution is -2.43. The molecule has 0 aliphatic rings. The molecule has 0 fully saturated rings. The molecule has 0 aromatic heterocycles. The first kappa shape index (κ1) is 15.9. The van der Waals surface area contributed by atoms with E-state index in [0.29, 0.717) is 5.41 Å². The third-order valence-electron chi connectivity index (χ3n) is 3.55. The van der Waals surface area contributed by atoms with Crippen molar-refractivity contribution < 1.29 is 4.74 Å². The van der Waals surface area contributed by atoms with E-state index in [1.165, 1.54) is 25.7 Å². The Hall–Kier alpha value is -0.0800. The summed E-state index contributed by atoms with van der Waals surface area (Å²) in [5.74, 6) is 0. The zero-order valence-electron chi connectivity index (χ0n) is 12.2. The standard InChI is InChI=1S/C14H31NO/c1-7-14(8-2,10-9-11-16-6)12-15-13(3,4)5/h15H,7-12H2,1-6H3. The quantitative estimate of drug-likeness (QED) is 0.642. The lowest BCUT2D eigenvalue weighted by atomic mass is 9.77. The van der Waals surface area contributed by atoms with Crippen molar-refractivity contribution in [1.29, 1.82) is 0 Å².